The van der Waals surface area contributed by atoms with Crippen LogP contribution in [0.5, 0.6) is 5.88 Å². The second-order valence-electron chi connectivity index (χ2n) is 5.28. The van der Waals surface area contributed by atoms with Gasteiger partial charge in [0.15, 0.2) is 0 Å². The van der Waals surface area contributed by atoms with E-state index in [9.17, 15) is 4.79 Å². The first kappa shape index (κ1) is 16.1. The molecule has 1 aliphatic heterocycles. The van der Waals surface area contributed by atoms with Gasteiger partial charge in [0, 0.05) is 36.7 Å². The molecule has 2 rings (SSSR count). The second-order valence-corrected chi connectivity index (χ2v) is 6.43. The third-order valence-corrected chi connectivity index (χ3v) is 4.56. The molecule has 5 heteroatoms. The molecule has 0 N–H and O–H groups in total. The van der Waals surface area contributed by atoms with Gasteiger partial charge in [-0.15, -0.1) is 0 Å². The first-order chi connectivity index (χ1) is 10.2. The van der Waals surface area contributed by atoms with E-state index in [4.69, 9.17) is 4.74 Å². The van der Waals surface area contributed by atoms with Gasteiger partial charge in [0.05, 0.1) is 0 Å². The number of hydrogen-bond donors (Lipinski definition) is 0. The van der Waals surface area contributed by atoms with E-state index in [1.807, 2.05) is 16.7 Å². The molecule has 0 aromatic carbocycles. The Labute approximate surface area is 131 Å². The van der Waals surface area contributed by atoms with Gasteiger partial charge in [-0.3, -0.25) is 4.79 Å². The van der Waals surface area contributed by atoms with Gasteiger partial charge in [-0.1, -0.05) is 13.8 Å². The van der Waals surface area contributed by atoms with Gasteiger partial charge in [-0.05, 0) is 31.1 Å². The van der Waals surface area contributed by atoms with Crippen LogP contribution in [0.4, 0.5) is 0 Å². The summed E-state index contributed by atoms with van der Waals surface area (Å²) >= 11 is 1.90. The summed E-state index contributed by atoms with van der Waals surface area (Å²) in [5.74, 6) is 2.80. The van der Waals surface area contributed by atoms with Gasteiger partial charge in [-0.2, -0.15) is 11.8 Å². The summed E-state index contributed by atoms with van der Waals surface area (Å²) in [5.41, 5.74) is 0.674. The molecule has 0 radical (unpaired) electrons. The zero-order chi connectivity index (χ0) is 15.1. The third-order valence-electron chi connectivity index (χ3n) is 3.43. The lowest BCUT2D eigenvalue weighted by Crippen LogP contribution is -2.32. The first-order valence-corrected chi connectivity index (χ1v) is 8.89. The van der Waals surface area contributed by atoms with Crippen molar-refractivity contribution in [1.82, 2.24) is 9.88 Å². The molecule has 1 aliphatic rings. The third kappa shape index (κ3) is 4.63. The highest BCUT2D eigenvalue weighted by Gasteiger charge is 2.19. The summed E-state index contributed by atoms with van der Waals surface area (Å²) in [5, 5.41) is 0. The van der Waals surface area contributed by atoms with Crippen molar-refractivity contribution in [2.45, 2.75) is 39.2 Å². The predicted molar refractivity (Wildman–Crippen MR) is 87.1 cm³/mol. The molecule has 0 bridgehead atoms. The Balaban J connectivity index is 2.05. The summed E-state index contributed by atoms with van der Waals surface area (Å²) in [7, 11) is 0. The average Bonchev–Trinajstić information content (AvgIpc) is 2.99. The SMILES string of the molecule is CCCN(CCC)C(=O)c1ccnc(OC2CCSC2)c1. The Bertz CT molecular complexity index is 455. The summed E-state index contributed by atoms with van der Waals surface area (Å²) < 4.78 is 5.86. The van der Waals surface area contributed by atoms with Crippen LogP contribution >= 0.6 is 11.8 Å². The maximum Gasteiger partial charge on any atom is 0.254 e. The van der Waals surface area contributed by atoms with Crippen molar-refractivity contribution in [2.75, 3.05) is 24.6 Å². The molecule has 1 aromatic heterocycles. The summed E-state index contributed by atoms with van der Waals surface area (Å²) in [6, 6.07) is 3.56. The zero-order valence-electron chi connectivity index (χ0n) is 12.9. The minimum absolute atomic E-state index is 0.0757. The van der Waals surface area contributed by atoms with Crippen LogP contribution in [0, 0.1) is 0 Å². The van der Waals surface area contributed by atoms with Crippen molar-refractivity contribution >= 4 is 17.7 Å². The zero-order valence-corrected chi connectivity index (χ0v) is 13.7. The molecule has 1 saturated heterocycles. The Kier molecular flexibility index (Phi) is 6.36. The molecule has 1 aromatic rings. The molecule has 1 fully saturated rings. The van der Waals surface area contributed by atoms with Crippen LogP contribution in [0.15, 0.2) is 18.3 Å². The average molecular weight is 308 g/mol. The molecule has 116 valence electrons. The number of pyridine rings is 1. The minimum Gasteiger partial charge on any atom is -0.473 e. The van der Waals surface area contributed by atoms with Gasteiger partial charge in [0.25, 0.3) is 5.91 Å². The molecule has 0 spiro atoms. The lowest BCUT2D eigenvalue weighted by molar-refractivity contribution is 0.0754. The van der Waals surface area contributed by atoms with Crippen LogP contribution in [-0.4, -0.2) is 46.5 Å². The highest BCUT2D eigenvalue weighted by atomic mass is 32.2. The van der Waals surface area contributed by atoms with E-state index in [0.717, 1.165) is 43.9 Å². The summed E-state index contributed by atoms with van der Waals surface area (Å²) in [6.45, 7) is 5.78. The molecule has 1 unspecified atom stereocenters. The smallest absolute Gasteiger partial charge is 0.254 e. The lowest BCUT2D eigenvalue weighted by atomic mass is 10.2. The van der Waals surface area contributed by atoms with Crippen molar-refractivity contribution in [3.8, 4) is 5.88 Å². The number of thioether (sulfide) groups is 1. The Morgan fingerprint density at radius 3 is 2.81 bits per heavy atom. The van der Waals surface area contributed by atoms with Gasteiger partial charge in [0.2, 0.25) is 5.88 Å². The highest BCUT2D eigenvalue weighted by Crippen LogP contribution is 2.22. The minimum atomic E-state index is 0.0757. The number of amides is 1. The molecule has 2 heterocycles. The van der Waals surface area contributed by atoms with Crippen LogP contribution in [0.2, 0.25) is 0 Å². The van der Waals surface area contributed by atoms with Crippen molar-refractivity contribution in [3.63, 3.8) is 0 Å². The number of aromatic nitrogens is 1. The fourth-order valence-electron chi connectivity index (χ4n) is 2.42. The van der Waals surface area contributed by atoms with E-state index in [2.05, 4.69) is 18.8 Å². The Morgan fingerprint density at radius 2 is 2.19 bits per heavy atom. The van der Waals surface area contributed by atoms with Crippen LogP contribution < -0.4 is 4.74 Å². The number of ether oxygens (including phenoxy) is 1. The first-order valence-electron chi connectivity index (χ1n) is 7.74. The summed E-state index contributed by atoms with van der Waals surface area (Å²) in [4.78, 5) is 18.7. The predicted octanol–water partition coefficient (Wildman–Crippen LogP) is 3.23. The standard InChI is InChI=1S/C16H24N2O2S/c1-3-8-18(9-4-2)16(19)13-5-7-17-15(11-13)20-14-6-10-21-12-14/h5,7,11,14H,3-4,6,8-10,12H2,1-2H3. The van der Waals surface area contributed by atoms with Gasteiger partial charge in [0.1, 0.15) is 6.10 Å². The number of carbonyl (C=O) groups excluding carboxylic acids is 1. The van der Waals surface area contributed by atoms with Gasteiger partial charge < -0.3 is 9.64 Å². The Morgan fingerprint density at radius 1 is 1.43 bits per heavy atom. The molecule has 4 nitrogen and oxygen atoms in total. The monoisotopic (exact) mass is 308 g/mol. The summed E-state index contributed by atoms with van der Waals surface area (Å²) in [6.07, 6.45) is 4.90. The second kappa shape index (κ2) is 8.27. The number of nitrogens with zero attached hydrogens (tertiary/aromatic N) is 2. The van der Waals surface area contributed by atoms with Crippen LogP contribution in [0.1, 0.15) is 43.5 Å². The largest absolute Gasteiger partial charge is 0.473 e. The van der Waals surface area contributed by atoms with Crippen molar-refractivity contribution in [2.24, 2.45) is 0 Å². The van der Waals surface area contributed by atoms with E-state index < -0.39 is 0 Å². The fourth-order valence-corrected chi connectivity index (χ4v) is 3.51. The van der Waals surface area contributed by atoms with E-state index in [0.29, 0.717) is 11.4 Å². The number of hydrogen-bond acceptors (Lipinski definition) is 4. The normalized spacial score (nSPS) is 17.7. The van der Waals surface area contributed by atoms with E-state index in [-0.39, 0.29) is 12.0 Å². The highest BCUT2D eigenvalue weighted by molar-refractivity contribution is 7.99. The van der Waals surface area contributed by atoms with Gasteiger partial charge in [-0.25, -0.2) is 4.98 Å². The molecule has 21 heavy (non-hydrogen) atoms. The van der Waals surface area contributed by atoms with Crippen molar-refractivity contribution in [3.05, 3.63) is 23.9 Å². The maximum atomic E-state index is 12.6. The van der Waals surface area contributed by atoms with Crippen LogP contribution in [-0.2, 0) is 0 Å². The van der Waals surface area contributed by atoms with Crippen molar-refractivity contribution in [1.29, 1.82) is 0 Å². The van der Waals surface area contributed by atoms with Crippen LogP contribution in [0.3, 0.4) is 0 Å². The van der Waals surface area contributed by atoms with Crippen LogP contribution in [0.25, 0.3) is 0 Å². The maximum absolute atomic E-state index is 12.6. The van der Waals surface area contributed by atoms with E-state index in [1.165, 1.54) is 0 Å². The molecular weight excluding hydrogens is 284 g/mol. The number of rotatable bonds is 7. The van der Waals surface area contributed by atoms with Gasteiger partial charge >= 0.3 is 0 Å². The fraction of sp³-hybridized carbons (Fsp3) is 0.625. The van der Waals surface area contributed by atoms with E-state index in [1.54, 1.807) is 18.3 Å². The lowest BCUT2D eigenvalue weighted by Gasteiger charge is -2.21. The molecule has 1 amide bonds. The number of carbonyl (C=O) groups is 1. The Hall–Kier alpha value is -1.23. The molecule has 0 aliphatic carbocycles. The molecule has 1 atom stereocenters. The molecule has 0 saturated carbocycles. The van der Waals surface area contributed by atoms with Crippen molar-refractivity contribution < 1.29 is 9.53 Å². The quantitative estimate of drug-likeness (QED) is 0.775. The molecular formula is C16H24N2O2S. The topological polar surface area (TPSA) is 42.4 Å². The van der Waals surface area contributed by atoms with E-state index >= 15 is 0 Å².